The van der Waals surface area contributed by atoms with Crippen LogP contribution in [0.1, 0.15) is 57.3 Å². The molecule has 1 N–H and O–H groups in total. The Balaban J connectivity index is 1.18. The van der Waals surface area contributed by atoms with Gasteiger partial charge in [-0.3, -0.25) is 9.59 Å². The molecule has 1 saturated carbocycles. The molecule has 1 aromatic heterocycles. The molecule has 2 heterocycles. The van der Waals surface area contributed by atoms with Crippen LogP contribution < -0.4 is 5.32 Å². The number of rotatable bonds is 6. The molecule has 2 fully saturated rings. The molecule has 30 heavy (non-hydrogen) atoms. The smallest absolute Gasteiger partial charge is 0.247 e. The number of likely N-dealkylation sites (tertiary alicyclic amines) is 1. The van der Waals surface area contributed by atoms with Gasteiger partial charge in [-0.2, -0.15) is 0 Å². The minimum atomic E-state index is -0.00785. The molecule has 2 aromatic rings. The number of hydrogen-bond donors (Lipinski definition) is 1. The van der Waals surface area contributed by atoms with Crippen LogP contribution in [-0.2, 0) is 16.0 Å². The fourth-order valence-electron chi connectivity index (χ4n) is 4.42. The Hall–Kier alpha value is -2.70. The van der Waals surface area contributed by atoms with Gasteiger partial charge in [0.2, 0.25) is 23.6 Å². The lowest BCUT2D eigenvalue weighted by Crippen LogP contribution is -2.48. The van der Waals surface area contributed by atoms with Crippen molar-refractivity contribution in [1.29, 1.82) is 0 Å². The summed E-state index contributed by atoms with van der Waals surface area (Å²) in [5.41, 5.74) is 0.871. The second-order valence-corrected chi connectivity index (χ2v) is 8.37. The minimum Gasteiger partial charge on any atom is -0.421 e. The van der Waals surface area contributed by atoms with Crippen molar-refractivity contribution in [3.05, 3.63) is 36.2 Å². The third kappa shape index (κ3) is 5.26. The maximum absolute atomic E-state index is 12.7. The van der Waals surface area contributed by atoms with Gasteiger partial charge >= 0.3 is 0 Å². The Bertz CT molecular complexity index is 837. The Labute approximate surface area is 177 Å². The quantitative estimate of drug-likeness (QED) is 0.789. The van der Waals surface area contributed by atoms with E-state index in [0.29, 0.717) is 30.5 Å². The molecule has 0 atom stereocenters. The predicted octanol–water partition coefficient (Wildman–Crippen LogP) is 3.36. The van der Waals surface area contributed by atoms with Crippen molar-refractivity contribution in [2.45, 2.75) is 63.8 Å². The third-order valence-corrected chi connectivity index (χ3v) is 6.18. The molecule has 0 spiro atoms. The van der Waals surface area contributed by atoms with Crippen molar-refractivity contribution in [3.8, 4) is 11.5 Å². The number of nitrogens with zero attached hydrogens (tertiary/aromatic N) is 3. The van der Waals surface area contributed by atoms with E-state index in [4.69, 9.17) is 4.42 Å². The van der Waals surface area contributed by atoms with Crippen molar-refractivity contribution < 1.29 is 14.0 Å². The van der Waals surface area contributed by atoms with Crippen molar-refractivity contribution in [2.75, 3.05) is 13.1 Å². The Morgan fingerprint density at radius 2 is 1.73 bits per heavy atom. The largest absolute Gasteiger partial charge is 0.421 e. The van der Waals surface area contributed by atoms with Gasteiger partial charge in [0.05, 0.1) is 0 Å². The van der Waals surface area contributed by atoms with Crippen LogP contribution in [-0.4, -0.2) is 46.0 Å². The van der Waals surface area contributed by atoms with Gasteiger partial charge < -0.3 is 14.6 Å². The van der Waals surface area contributed by atoms with Crippen LogP contribution in [0.2, 0.25) is 0 Å². The average Bonchev–Trinajstić information content (AvgIpc) is 3.28. The standard InChI is InChI=1S/C23H30N4O3/c28-20(11-12-21-25-26-22(30-21)17-7-3-1-4-8-17)24-19-13-15-27(16-14-19)23(29)18-9-5-2-6-10-18/h1,3-4,7-8,18-19H,2,5-6,9-16H2,(H,24,28). The number of amides is 2. The lowest BCUT2D eigenvalue weighted by Gasteiger charge is -2.35. The zero-order chi connectivity index (χ0) is 20.8. The van der Waals surface area contributed by atoms with Crippen LogP contribution in [0.3, 0.4) is 0 Å². The fraction of sp³-hybridized carbons (Fsp3) is 0.565. The van der Waals surface area contributed by atoms with E-state index >= 15 is 0 Å². The van der Waals surface area contributed by atoms with E-state index in [2.05, 4.69) is 15.5 Å². The summed E-state index contributed by atoms with van der Waals surface area (Å²) in [7, 11) is 0. The second kappa shape index (κ2) is 9.87. The van der Waals surface area contributed by atoms with Crippen LogP contribution >= 0.6 is 0 Å². The van der Waals surface area contributed by atoms with Crippen LogP contribution in [0.4, 0.5) is 0 Å². The lowest BCUT2D eigenvalue weighted by atomic mass is 9.87. The van der Waals surface area contributed by atoms with Gasteiger partial charge in [-0.1, -0.05) is 37.5 Å². The first kappa shape index (κ1) is 20.6. The normalized spacial score (nSPS) is 18.3. The van der Waals surface area contributed by atoms with Gasteiger partial charge in [0, 0.05) is 43.5 Å². The van der Waals surface area contributed by atoms with E-state index in [1.165, 1.54) is 19.3 Å². The summed E-state index contributed by atoms with van der Waals surface area (Å²) in [4.78, 5) is 27.0. The maximum atomic E-state index is 12.7. The first-order chi connectivity index (χ1) is 14.7. The summed E-state index contributed by atoms with van der Waals surface area (Å²) in [6.45, 7) is 1.48. The molecule has 1 aliphatic heterocycles. The molecule has 0 radical (unpaired) electrons. The summed E-state index contributed by atoms with van der Waals surface area (Å²) in [6.07, 6.45) is 8.07. The van der Waals surface area contributed by atoms with Crippen molar-refractivity contribution in [2.24, 2.45) is 5.92 Å². The molecule has 2 aliphatic rings. The van der Waals surface area contributed by atoms with Crippen LogP contribution in [0.5, 0.6) is 0 Å². The number of nitrogens with one attached hydrogen (secondary N) is 1. The summed E-state index contributed by atoms with van der Waals surface area (Å²) in [6, 6.07) is 9.73. The average molecular weight is 411 g/mol. The van der Waals surface area contributed by atoms with E-state index in [9.17, 15) is 9.59 Å². The molecule has 1 saturated heterocycles. The highest BCUT2D eigenvalue weighted by Gasteiger charge is 2.29. The Kier molecular flexibility index (Phi) is 6.77. The maximum Gasteiger partial charge on any atom is 0.247 e. The molecular formula is C23H30N4O3. The monoisotopic (exact) mass is 410 g/mol. The summed E-state index contributed by atoms with van der Waals surface area (Å²) >= 11 is 0. The van der Waals surface area contributed by atoms with E-state index in [1.54, 1.807) is 0 Å². The highest BCUT2D eigenvalue weighted by Crippen LogP contribution is 2.26. The second-order valence-electron chi connectivity index (χ2n) is 8.37. The molecule has 0 unspecified atom stereocenters. The van der Waals surface area contributed by atoms with Gasteiger partial charge in [-0.25, -0.2) is 0 Å². The van der Waals surface area contributed by atoms with E-state index < -0.39 is 0 Å². The van der Waals surface area contributed by atoms with E-state index in [1.807, 2.05) is 35.2 Å². The highest BCUT2D eigenvalue weighted by atomic mass is 16.4. The zero-order valence-electron chi connectivity index (χ0n) is 17.4. The molecule has 7 heteroatoms. The number of piperidine rings is 1. The highest BCUT2D eigenvalue weighted by molar-refractivity contribution is 5.79. The van der Waals surface area contributed by atoms with Gasteiger partial charge in [-0.05, 0) is 37.8 Å². The number of hydrogen-bond acceptors (Lipinski definition) is 5. The lowest BCUT2D eigenvalue weighted by molar-refractivity contribution is -0.137. The van der Waals surface area contributed by atoms with Gasteiger partial charge in [0.25, 0.3) is 0 Å². The Morgan fingerprint density at radius 3 is 2.47 bits per heavy atom. The molecule has 7 nitrogen and oxygen atoms in total. The van der Waals surface area contributed by atoms with E-state index in [-0.39, 0.29) is 17.9 Å². The first-order valence-corrected chi connectivity index (χ1v) is 11.1. The number of aryl methyl sites for hydroxylation is 1. The molecule has 1 aromatic carbocycles. The summed E-state index contributed by atoms with van der Waals surface area (Å²) < 4.78 is 5.66. The summed E-state index contributed by atoms with van der Waals surface area (Å²) in [5, 5.41) is 11.2. The number of carbonyl (C=O) groups is 2. The van der Waals surface area contributed by atoms with Crippen LogP contribution in [0.15, 0.2) is 34.7 Å². The van der Waals surface area contributed by atoms with Gasteiger partial charge in [-0.15, -0.1) is 10.2 Å². The van der Waals surface area contributed by atoms with Crippen LogP contribution in [0.25, 0.3) is 11.5 Å². The summed E-state index contributed by atoms with van der Waals surface area (Å²) in [5.74, 6) is 1.48. The molecule has 4 rings (SSSR count). The topological polar surface area (TPSA) is 88.3 Å². The molecule has 0 bridgehead atoms. The third-order valence-electron chi connectivity index (χ3n) is 6.18. The predicted molar refractivity (Wildman–Crippen MR) is 112 cm³/mol. The van der Waals surface area contributed by atoms with E-state index in [0.717, 1.165) is 44.3 Å². The molecule has 2 amide bonds. The Morgan fingerprint density at radius 1 is 1.00 bits per heavy atom. The zero-order valence-corrected chi connectivity index (χ0v) is 17.4. The van der Waals surface area contributed by atoms with Crippen molar-refractivity contribution >= 4 is 11.8 Å². The number of carbonyl (C=O) groups excluding carboxylic acids is 2. The molecular weight excluding hydrogens is 380 g/mol. The fourth-order valence-corrected chi connectivity index (χ4v) is 4.42. The molecule has 1 aliphatic carbocycles. The van der Waals surface area contributed by atoms with Gasteiger partial charge in [0.1, 0.15) is 0 Å². The van der Waals surface area contributed by atoms with Crippen molar-refractivity contribution in [1.82, 2.24) is 20.4 Å². The molecule has 160 valence electrons. The SMILES string of the molecule is O=C(CCc1nnc(-c2ccccc2)o1)NC1CCN(C(=O)C2CCCCC2)CC1. The van der Waals surface area contributed by atoms with Crippen molar-refractivity contribution in [3.63, 3.8) is 0 Å². The number of benzene rings is 1. The van der Waals surface area contributed by atoms with Crippen LogP contribution in [0, 0.1) is 5.92 Å². The first-order valence-electron chi connectivity index (χ1n) is 11.1. The number of aromatic nitrogens is 2. The minimum absolute atomic E-state index is 0.00785. The van der Waals surface area contributed by atoms with Gasteiger partial charge in [0.15, 0.2) is 0 Å².